The van der Waals surface area contributed by atoms with Gasteiger partial charge in [-0.15, -0.1) is 10.2 Å². The van der Waals surface area contributed by atoms with Crippen LogP contribution in [0, 0.1) is 0 Å². The fourth-order valence-electron chi connectivity index (χ4n) is 1.27. The number of hydrogen-bond acceptors (Lipinski definition) is 6. The number of aromatic hydroxyl groups is 2. The quantitative estimate of drug-likeness (QED) is 0.470. The molecule has 0 radical (unpaired) electrons. The third-order valence-corrected chi connectivity index (χ3v) is 2.15. The summed E-state index contributed by atoms with van der Waals surface area (Å²) < 4.78 is 0. The summed E-state index contributed by atoms with van der Waals surface area (Å²) in [7, 11) is 0. The Kier molecular flexibility index (Phi) is 3.01. The van der Waals surface area contributed by atoms with Gasteiger partial charge >= 0.3 is 0 Å². The van der Waals surface area contributed by atoms with E-state index in [1.165, 1.54) is 18.2 Å². The number of ketones is 2. The fourth-order valence-corrected chi connectivity index (χ4v) is 1.27. The zero-order valence-electron chi connectivity index (χ0n) is 9.07. The summed E-state index contributed by atoms with van der Waals surface area (Å²) in [5.41, 5.74) is -0.115. The summed E-state index contributed by atoms with van der Waals surface area (Å²) >= 11 is 0. The third kappa shape index (κ3) is 2.49. The molecule has 0 bridgehead atoms. The summed E-state index contributed by atoms with van der Waals surface area (Å²) in [4.78, 5) is 22.4. The van der Waals surface area contributed by atoms with Gasteiger partial charge < -0.3 is 10.2 Å². The van der Waals surface area contributed by atoms with E-state index in [0.29, 0.717) is 0 Å². The Balaban J connectivity index is 2.28. The van der Waals surface area contributed by atoms with E-state index in [1.807, 2.05) is 0 Å². The number of carbonyl (C=O) groups excluding carboxylic acids is 2. The maximum Gasteiger partial charge on any atom is 0.206 e. The Morgan fingerprint density at radius 1 is 1.00 bits per heavy atom. The van der Waals surface area contributed by atoms with Crippen molar-refractivity contribution in [3.05, 3.63) is 42.1 Å². The molecule has 0 spiro atoms. The molecule has 0 saturated heterocycles. The van der Waals surface area contributed by atoms with E-state index < -0.39 is 5.78 Å². The van der Waals surface area contributed by atoms with E-state index in [1.54, 1.807) is 0 Å². The highest BCUT2D eigenvalue weighted by Gasteiger charge is 2.12. The average molecular weight is 244 g/mol. The molecule has 0 aliphatic heterocycles. The van der Waals surface area contributed by atoms with Gasteiger partial charge in [-0.05, 0) is 24.3 Å². The molecule has 1 aromatic rings. The van der Waals surface area contributed by atoms with Crippen LogP contribution in [0.2, 0.25) is 0 Å². The second-order valence-electron chi connectivity index (χ2n) is 3.50. The van der Waals surface area contributed by atoms with Crippen molar-refractivity contribution >= 4 is 17.3 Å². The topological polar surface area (TPSA) is 99.3 Å². The minimum atomic E-state index is -0.446. The van der Waals surface area contributed by atoms with Crippen LogP contribution in [0.1, 0.15) is 0 Å². The lowest BCUT2D eigenvalue weighted by atomic mass is 10.1. The van der Waals surface area contributed by atoms with Crippen LogP contribution < -0.4 is 0 Å². The highest BCUT2D eigenvalue weighted by Crippen LogP contribution is 2.30. The number of rotatable bonds is 2. The van der Waals surface area contributed by atoms with Crippen LogP contribution in [0.15, 0.2) is 52.4 Å². The molecular weight excluding hydrogens is 236 g/mol. The fraction of sp³-hybridized carbons (Fsp3) is 0. The van der Waals surface area contributed by atoms with Crippen LogP contribution in [0.3, 0.4) is 0 Å². The zero-order chi connectivity index (χ0) is 13.1. The minimum Gasteiger partial charge on any atom is -0.508 e. The van der Waals surface area contributed by atoms with Gasteiger partial charge in [-0.2, -0.15) is 0 Å². The van der Waals surface area contributed by atoms with Gasteiger partial charge in [-0.25, -0.2) is 0 Å². The Bertz CT molecular complexity index is 615. The van der Waals surface area contributed by atoms with Gasteiger partial charge in [0.05, 0.1) is 0 Å². The Hall–Kier alpha value is -2.76. The van der Waals surface area contributed by atoms with Crippen LogP contribution in [0.25, 0.3) is 0 Å². The van der Waals surface area contributed by atoms with Crippen LogP contribution in [-0.4, -0.2) is 21.8 Å². The molecule has 0 unspecified atom stereocenters. The number of benzene rings is 1. The molecule has 0 heterocycles. The maximum atomic E-state index is 11.3. The molecule has 0 fully saturated rings. The average Bonchev–Trinajstić information content (AvgIpc) is 2.34. The Morgan fingerprint density at radius 3 is 2.56 bits per heavy atom. The van der Waals surface area contributed by atoms with Gasteiger partial charge in [0, 0.05) is 12.1 Å². The molecule has 1 aliphatic rings. The molecule has 6 nitrogen and oxygen atoms in total. The molecule has 0 atom stereocenters. The SMILES string of the molecule is O=C1C=CC(=O)C(N=Nc2cc(O)ccc2O)=C1. The second kappa shape index (κ2) is 4.62. The standard InChI is InChI=1S/C12H8N2O4/c15-7-1-3-11(17)9(5-7)13-14-10-6-8(16)2-4-12(10)18/h1-6,15,17H. The van der Waals surface area contributed by atoms with Crippen LogP contribution >= 0.6 is 0 Å². The maximum absolute atomic E-state index is 11.3. The van der Waals surface area contributed by atoms with Crippen molar-refractivity contribution in [2.45, 2.75) is 0 Å². The first-order valence-electron chi connectivity index (χ1n) is 4.98. The van der Waals surface area contributed by atoms with E-state index >= 15 is 0 Å². The molecule has 1 aliphatic carbocycles. The van der Waals surface area contributed by atoms with Crippen LogP contribution in [0.4, 0.5) is 5.69 Å². The number of hydrogen-bond donors (Lipinski definition) is 2. The number of azo groups is 1. The molecule has 0 aromatic heterocycles. The lowest BCUT2D eigenvalue weighted by Gasteiger charge is -2.01. The predicted molar refractivity (Wildman–Crippen MR) is 61.5 cm³/mol. The van der Waals surface area contributed by atoms with Crippen LogP contribution in [0.5, 0.6) is 11.5 Å². The van der Waals surface area contributed by atoms with E-state index in [2.05, 4.69) is 10.2 Å². The van der Waals surface area contributed by atoms with E-state index in [4.69, 9.17) is 0 Å². The first-order valence-corrected chi connectivity index (χ1v) is 4.98. The van der Waals surface area contributed by atoms with Gasteiger partial charge in [-0.3, -0.25) is 9.59 Å². The van der Waals surface area contributed by atoms with E-state index in [9.17, 15) is 19.8 Å². The van der Waals surface area contributed by atoms with Crippen molar-refractivity contribution in [1.82, 2.24) is 0 Å². The van der Waals surface area contributed by atoms with E-state index in [0.717, 1.165) is 18.2 Å². The molecule has 6 heteroatoms. The van der Waals surface area contributed by atoms with Crippen molar-refractivity contribution in [1.29, 1.82) is 0 Å². The Morgan fingerprint density at radius 2 is 1.78 bits per heavy atom. The van der Waals surface area contributed by atoms with Crippen molar-refractivity contribution in [2.75, 3.05) is 0 Å². The molecule has 2 rings (SSSR count). The monoisotopic (exact) mass is 244 g/mol. The van der Waals surface area contributed by atoms with Gasteiger partial charge in [0.1, 0.15) is 22.9 Å². The lowest BCUT2D eigenvalue weighted by molar-refractivity contribution is -0.114. The van der Waals surface area contributed by atoms with Gasteiger partial charge in [0.15, 0.2) is 5.78 Å². The third-order valence-electron chi connectivity index (χ3n) is 2.15. The van der Waals surface area contributed by atoms with E-state index in [-0.39, 0.29) is 28.7 Å². The summed E-state index contributed by atoms with van der Waals surface area (Å²) in [5.74, 6) is -1.09. The number of allylic oxidation sites excluding steroid dienone is 3. The molecule has 0 saturated carbocycles. The first kappa shape index (κ1) is 11.7. The smallest absolute Gasteiger partial charge is 0.206 e. The zero-order valence-corrected chi connectivity index (χ0v) is 9.07. The largest absolute Gasteiger partial charge is 0.508 e. The van der Waals surface area contributed by atoms with Gasteiger partial charge in [-0.1, -0.05) is 0 Å². The summed E-state index contributed by atoms with van der Waals surface area (Å²) in [5, 5.41) is 25.8. The molecule has 0 amide bonds. The minimum absolute atomic E-state index is 0.00528. The van der Waals surface area contributed by atoms with Gasteiger partial charge in [0.25, 0.3) is 0 Å². The molecular formula is C12H8N2O4. The number of phenolic OH excluding ortho intramolecular Hbond substituents is 2. The van der Waals surface area contributed by atoms with Gasteiger partial charge in [0.2, 0.25) is 5.78 Å². The summed E-state index contributed by atoms with van der Waals surface area (Å²) in [6.07, 6.45) is 3.28. The highest BCUT2D eigenvalue weighted by atomic mass is 16.3. The molecule has 18 heavy (non-hydrogen) atoms. The van der Waals surface area contributed by atoms with Crippen molar-refractivity contribution < 1.29 is 19.8 Å². The number of phenols is 2. The molecule has 1 aromatic carbocycles. The first-order chi connectivity index (χ1) is 8.56. The lowest BCUT2D eigenvalue weighted by Crippen LogP contribution is -2.05. The predicted octanol–water partition coefficient (Wildman–Crippen LogP) is 1.77. The molecule has 90 valence electrons. The summed E-state index contributed by atoms with van der Waals surface area (Å²) in [6, 6.07) is 3.71. The number of carbonyl (C=O) groups is 2. The second-order valence-corrected chi connectivity index (χ2v) is 3.50. The van der Waals surface area contributed by atoms with Crippen LogP contribution in [-0.2, 0) is 9.59 Å². The normalized spacial score (nSPS) is 15.2. The number of nitrogens with zero attached hydrogens (tertiary/aromatic N) is 2. The molecule has 2 N–H and O–H groups in total. The highest BCUT2D eigenvalue weighted by molar-refractivity contribution is 6.17. The summed E-state index contributed by atoms with van der Waals surface area (Å²) in [6.45, 7) is 0. The van der Waals surface area contributed by atoms with Crippen molar-refractivity contribution in [3.63, 3.8) is 0 Å². The van der Waals surface area contributed by atoms with Crippen molar-refractivity contribution in [3.8, 4) is 11.5 Å². The van der Waals surface area contributed by atoms with Crippen molar-refractivity contribution in [2.24, 2.45) is 10.2 Å². The Labute approximate surface area is 102 Å².